The highest BCUT2D eigenvalue weighted by Crippen LogP contribution is 1.98. The summed E-state index contributed by atoms with van der Waals surface area (Å²) in [5.74, 6) is 0. The zero-order valence-corrected chi connectivity index (χ0v) is 4.50. The van der Waals surface area contributed by atoms with E-state index in [0.29, 0.717) is 5.69 Å². The maximum absolute atomic E-state index is 5.35. The highest BCUT2D eigenvalue weighted by atomic mass is 15.3. The number of nitrogens with zero attached hydrogens (tertiary/aromatic N) is 3. The van der Waals surface area contributed by atoms with Crippen LogP contribution in [0.4, 0.5) is 5.69 Å². The van der Waals surface area contributed by atoms with Crippen molar-refractivity contribution in [1.29, 1.82) is 0 Å². The van der Waals surface area contributed by atoms with Crippen LogP contribution < -0.4 is 5.73 Å². The van der Waals surface area contributed by atoms with Crippen LogP contribution in [-0.4, -0.2) is 15.4 Å². The quantitative estimate of drug-likeness (QED) is 0.500. The molecule has 0 atom stereocenters. The first-order chi connectivity index (χ1) is 3.80. The molecule has 0 aliphatic carbocycles. The van der Waals surface area contributed by atoms with Crippen molar-refractivity contribution in [1.82, 2.24) is 15.4 Å². The van der Waals surface area contributed by atoms with E-state index in [0.717, 1.165) is 5.69 Å². The van der Waals surface area contributed by atoms with Gasteiger partial charge in [-0.25, -0.2) is 0 Å². The topological polar surface area (TPSA) is 64.7 Å². The molecule has 0 unspecified atom stereocenters. The lowest BCUT2D eigenvalue weighted by molar-refractivity contribution is 0.843. The predicted octanol–water partition coefficient (Wildman–Crippen LogP) is -0.238. The molecule has 4 nitrogen and oxygen atoms in total. The predicted molar refractivity (Wildman–Crippen MR) is 29.0 cm³/mol. The Hall–Kier alpha value is -1.19. The first kappa shape index (κ1) is 4.96. The van der Waals surface area contributed by atoms with Gasteiger partial charge in [0, 0.05) is 0 Å². The molecular formula is C4H6N4. The Morgan fingerprint density at radius 3 is 2.75 bits per heavy atom. The number of aryl methyl sites for hydroxylation is 1. The lowest BCUT2D eigenvalue weighted by atomic mass is 10.4. The average Bonchev–Trinajstić information content (AvgIpc) is 1.77. The van der Waals surface area contributed by atoms with Gasteiger partial charge in [-0.05, 0) is 12.1 Å². The maximum atomic E-state index is 5.35. The summed E-state index contributed by atoms with van der Waals surface area (Å²) >= 11 is 0. The van der Waals surface area contributed by atoms with Crippen molar-refractivity contribution in [3.63, 3.8) is 0 Å². The summed E-state index contributed by atoms with van der Waals surface area (Å²) in [4.78, 5) is 0. The first-order valence-corrected chi connectivity index (χ1v) is 2.21. The van der Waals surface area contributed by atoms with Gasteiger partial charge in [0.05, 0.1) is 17.6 Å². The molecule has 0 saturated heterocycles. The van der Waals surface area contributed by atoms with Crippen molar-refractivity contribution in [2.24, 2.45) is 0 Å². The van der Waals surface area contributed by atoms with Crippen LogP contribution in [0.15, 0.2) is 6.20 Å². The van der Waals surface area contributed by atoms with Gasteiger partial charge in [-0.1, -0.05) is 0 Å². The number of hydrogen-bond donors (Lipinski definition) is 1. The minimum absolute atomic E-state index is 0.583. The molecule has 8 heavy (non-hydrogen) atoms. The Balaban J connectivity index is 3.13. The van der Waals surface area contributed by atoms with Crippen LogP contribution in [0.2, 0.25) is 0 Å². The Labute approximate surface area is 46.7 Å². The van der Waals surface area contributed by atoms with Crippen LogP contribution in [0.5, 0.6) is 0 Å². The Kier molecular flexibility index (Phi) is 1.07. The molecule has 0 saturated carbocycles. The van der Waals surface area contributed by atoms with E-state index >= 15 is 0 Å². The van der Waals surface area contributed by atoms with E-state index in [-0.39, 0.29) is 0 Å². The molecule has 0 amide bonds. The molecule has 1 heterocycles. The van der Waals surface area contributed by atoms with Gasteiger partial charge >= 0.3 is 0 Å². The summed E-state index contributed by atoms with van der Waals surface area (Å²) in [6.07, 6.45) is 1.47. The third-order valence-corrected chi connectivity index (χ3v) is 0.861. The molecule has 0 radical (unpaired) electrons. The zero-order chi connectivity index (χ0) is 5.98. The third kappa shape index (κ3) is 0.726. The second kappa shape index (κ2) is 1.73. The van der Waals surface area contributed by atoms with Crippen LogP contribution in [0.1, 0.15) is 5.69 Å². The van der Waals surface area contributed by atoms with E-state index in [4.69, 9.17) is 5.73 Å². The van der Waals surface area contributed by atoms with Gasteiger partial charge in [0.15, 0.2) is 0 Å². The number of nitrogen functional groups attached to an aromatic ring is 1. The highest BCUT2D eigenvalue weighted by molar-refractivity contribution is 5.37. The van der Waals surface area contributed by atoms with Crippen LogP contribution in [0, 0.1) is 6.92 Å². The van der Waals surface area contributed by atoms with Gasteiger partial charge in [-0.3, -0.25) is 0 Å². The van der Waals surface area contributed by atoms with Gasteiger partial charge in [0.25, 0.3) is 0 Å². The van der Waals surface area contributed by atoms with Crippen LogP contribution in [-0.2, 0) is 0 Å². The molecule has 42 valence electrons. The normalized spacial score (nSPS) is 9.12. The largest absolute Gasteiger partial charge is 0.396 e. The molecule has 4 heteroatoms. The van der Waals surface area contributed by atoms with Crippen molar-refractivity contribution in [2.45, 2.75) is 6.92 Å². The fourth-order valence-corrected chi connectivity index (χ4v) is 0.332. The van der Waals surface area contributed by atoms with E-state index in [9.17, 15) is 0 Å². The highest BCUT2D eigenvalue weighted by Gasteiger charge is 1.89. The molecule has 0 aliphatic heterocycles. The zero-order valence-electron chi connectivity index (χ0n) is 4.50. The van der Waals surface area contributed by atoms with E-state index in [2.05, 4.69) is 15.4 Å². The summed E-state index contributed by atoms with van der Waals surface area (Å²) < 4.78 is 0. The molecule has 0 fully saturated rings. The lowest BCUT2D eigenvalue weighted by Gasteiger charge is -1.90. The first-order valence-electron chi connectivity index (χ1n) is 2.21. The summed E-state index contributed by atoms with van der Waals surface area (Å²) in [6.45, 7) is 1.78. The van der Waals surface area contributed by atoms with Crippen molar-refractivity contribution < 1.29 is 0 Å². The second-order valence-electron chi connectivity index (χ2n) is 1.47. The standard InChI is InChI=1S/C4H6N4/c1-3-4(5)2-6-8-7-3/h2H,1H3,(H2,5,8). The minimum atomic E-state index is 0.583. The monoisotopic (exact) mass is 110 g/mol. The Morgan fingerprint density at radius 2 is 2.38 bits per heavy atom. The summed E-state index contributed by atoms with van der Waals surface area (Å²) in [5.41, 5.74) is 6.66. The molecule has 0 aromatic carbocycles. The molecule has 0 aliphatic rings. The Bertz CT molecular complexity index is 164. The van der Waals surface area contributed by atoms with Crippen molar-refractivity contribution in [2.75, 3.05) is 5.73 Å². The molecule has 2 N–H and O–H groups in total. The number of anilines is 1. The fourth-order valence-electron chi connectivity index (χ4n) is 0.332. The van der Waals surface area contributed by atoms with Crippen molar-refractivity contribution in [3.05, 3.63) is 11.9 Å². The Morgan fingerprint density at radius 1 is 1.62 bits per heavy atom. The summed E-state index contributed by atoms with van der Waals surface area (Å²) in [6, 6.07) is 0. The van der Waals surface area contributed by atoms with Crippen LogP contribution >= 0.6 is 0 Å². The summed E-state index contributed by atoms with van der Waals surface area (Å²) in [5, 5.41) is 10.4. The number of hydrogen-bond acceptors (Lipinski definition) is 4. The van der Waals surface area contributed by atoms with Crippen LogP contribution in [0.3, 0.4) is 0 Å². The van der Waals surface area contributed by atoms with Gasteiger partial charge in [-0.2, -0.15) is 0 Å². The number of nitrogens with two attached hydrogens (primary N) is 1. The van der Waals surface area contributed by atoms with Crippen LogP contribution in [0.25, 0.3) is 0 Å². The third-order valence-electron chi connectivity index (χ3n) is 0.861. The summed E-state index contributed by atoms with van der Waals surface area (Å²) in [7, 11) is 0. The number of aromatic nitrogens is 3. The minimum Gasteiger partial charge on any atom is -0.396 e. The smallest absolute Gasteiger partial charge is 0.0863 e. The van der Waals surface area contributed by atoms with E-state index in [1.54, 1.807) is 6.92 Å². The fraction of sp³-hybridized carbons (Fsp3) is 0.250. The maximum Gasteiger partial charge on any atom is 0.0863 e. The average molecular weight is 110 g/mol. The molecule has 1 rings (SSSR count). The molecular weight excluding hydrogens is 104 g/mol. The van der Waals surface area contributed by atoms with Crippen molar-refractivity contribution >= 4 is 5.69 Å². The van der Waals surface area contributed by atoms with Gasteiger partial charge in [-0.15, -0.1) is 10.2 Å². The van der Waals surface area contributed by atoms with Gasteiger partial charge < -0.3 is 5.73 Å². The van der Waals surface area contributed by atoms with E-state index in [1.165, 1.54) is 6.20 Å². The molecule has 1 aromatic rings. The number of rotatable bonds is 0. The SMILES string of the molecule is Cc1nnncc1N. The van der Waals surface area contributed by atoms with Crippen molar-refractivity contribution in [3.8, 4) is 0 Å². The second-order valence-corrected chi connectivity index (χ2v) is 1.47. The van der Waals surface area contributed by atoms with E-state index < -0.39 is 0 Å². The van der Waals surface area contributed by atoms with Gasteiger partial charge in [0.1, 0.15) is 0 Å². The van der Waals surface area contributed by atoms with E-state index in [1.807, 2.05) is 0 Å². The lowest BCUT2D eigenvalue weighted by Crippen LogP contribution is -1.95. The molecule has 0 bridgehead atoms. The molecule has 1 aromatic heterocycles. The van der Waals surface area contributed by atoms with Gasteiger partial charge in [0.2, 0.25) is 0 Å². The molecule has 0 spiro atoms.